The summed E-state index contributed by atoms with van der Waals surface area (Å²) in [6, 6.07) is 14.1. The van der Waals surface area contributed by atoms with Crippen LogP contribution in [0.15, 0.2) is 57.8 Å². The van der Waals surface area contributed by atoms with Crippen molar-refractivity contribution in [3.05, 3.63) is 65.7 Å². The number of thioether (sulfide) groups is 1. The number of carbonyl (C=O) groups is 1. The van der Waals surface area contributed by atoms with Crippen molar-refractivity contribution in [2.45, 2.75) is 11.8 Å². The lowest BCUT2D eigenvalue weighted by Crippen LogP contribution is -2.00. The maximum absolute atomic E-state index is 13.6. The van der Waals surface area contributed by atoms with E-state index in [9.17, 15) is 9.18 Å². The number of furan rings is 1. The molecule has 0 aliphatic rings. The molecule has 0 saturated heterocycles. The smallest absolute Gasteiger partial charge is 0.208 e. The van der Waals surface area contributed by atoms with E-state index in [-0.39, 0.29) is 22.9 Å². The van der Waals surface area contributed by atoms with E-state index < -0.39 is 5.82 Å². The lowest BCUT2D eigenvalue weighted by Gasteiger charge is -2.03. The second kappa shape index (κ2) is 5.74. The molecular weight excluding hydrogens is 287 g/mol. The van der Waals surface area contributed by atoms with E-state index in [2.05, 4.69) is 0 Å². The third kappa shape index (κ3) is 2.85. The van der Waals surface area contributed by atoms with Crippen molar-refractivity contribution < 1.29 is 13.6 Å². The fourth-order valence-corrected chi connectivity index (χ4v) is 3.00. The van der Waals surface area contributed by atoms with Gasteiger partial charge in [-0.15, -0.1) is 11.8 Å². The van der Waals surface area contributed by atoms with Gasteiger partial charge in [0, 0.05) is 10.3 Å². The molecule has 21 heavy (non-hydrogen) atoms. The molecule has 0 aliphatic heterocycles. The number of fused-ring (bicyclic) bond motifs is 1. The standard InChI is InChI=1S/C17H13FO2S/c1-11-5-2-3-8-16(11)21-10-14(19)15-9-12-6-4-7-13(18)17(12)20-15/h2-9H,10H2,1H3. The van der Waals surface area contributed by atoms with E-state index in [0.29, 0.717) is 5.39 Å². The second-order valence-corrected chi connectivity index (χ2v) is 5.76. The van der Waals surface area contributed by atoms with Gasteiger partial charge >= 0.3 is 0 Å². The van der Waals surface area contributed by atoms with Crippen LogP contribution in [0.25, 0.3) is 11.0 Å². The quantitative estimate of drug-likeness (QED) is 0.509. The number of ketones is 1. The summed E-state index contributed by atoms with van der Waals surface area (Å²) < 4.78 is 18.9. The maximum atomic E-state index is 13.6. The minimum atomic E-state index is -0.446. The molecule has 1 aromatic heterocycles. The van der Waals surface area contributed by atoms with Crippen LogP contribution < -0.4 is 0 Å². The average Bonchev–Trinajstić information content (AvgIpc) is 2.92. The van der Waals surface area contributed by atoms with Crippen LogP contribution in [0.3, 0.4) is 0 Å². The Labute approximate surface area is 126 Å². The second-order valence-electron chi connectivity index (χ2n) is 4.75. The van der Waals surface area contributed by atoms with Crippen molar-refractivity contribution in [1.29, 1.82) is 0 Å². The number of para-hydroxylation sites is 1. The molecule has 0 N–H and O–H groups in total. The number of hydrogen-bond donors (Lipinski definition) is 0. The Morgan fingerprint density at radius 1 is 1.19 bits per heavy atom. The summed E-state index contributed by atoms with van der Waals surface area (Å²) in [4.78, 5) is 13.2. The summed E-state index contributed by atoms with van der Waals surface area (Å²) in [7, 11) is 0. The van der Waals surface area contributed by atoms with E-state index >= 15 is 0 Å². The summed E-state index contributed by atoms with van der Waals surface area (Å²) >= 11 is 1.46. The molecule has 106 valence electrons. The molecule has 0 atom stereocenters. The fourth-order valence-electron chi connectivity index (χ4n) is 2.10. The highest BCUT2D eigenvalue weighted by Crippen LogP contribution is 2.26. The molecule has 0 amide bonds. The molecule has 0 saturated carbocycles. The van der Waals surface area contributed by atoms with Gasteiger partial charge in [0.25, 0.3) is 0 Å². The molecule has 0 aliphatic carbocycles. The Morgan fingerprint density at radius 2 is 2.00 bits per heavy atom. The van der Waals surface area contributed by atoms with Crippen LogP contribution in [0.5, 0.6) is 0 Å². The van der Waals surface area contributed by atoms with Gasteiger partial charge in [-0.05, 0) is 30.7 Å². The summed E-state index contributed by atoms with van der Waals surface area (Å²) in [5, 5.41) is 0.610. The summed E-state index contributed by atoms with van der Waals surface area (Å²) in [5.74, 6) is -0.111. The fraction of sp³-hybridized carbons (Fsp3) is 0.118. The van der Waals surface area contributed by atoms with Gasteiger partial charge in [0.2, 0.25) is 5.78 Å². The van der Waals surface area contributed by atoms with E-state index in [1.807, 2.05) is 31.2 Å². The van der Waals surface area contributed by atoms with E-state index in [1.165, 1.54) is 17.8 Å². The van der Waals surface area contributed by atoms with Crippen LogP contribution >= 0.6 is 11.8 Å². The molecule has 0 bridgehead atoms. The zero-order chi connectivity index (χ0) is 14.8. The van der Waals surface area contributed by atoms with Crippen molar-refractivity contribution >= 4 is 28.5 Å². The van der Waals surface area contributed by atoms with Gasteiger partial charge in [-0.25, -0.2) is 4.39 Å². The number of benzene rings is 2. The molecular formula is C17H13FO2S. The molecule has 3 rings (SSSR count). The zero-order valence-corrected chi connectivity index (χ0v) is 12.2. The molecule has 0 spiro atoms. The molecule has 2 nitrogen and oxygen atoms in total. The van der Waals surface area contributed by atoms with Crippen LogP contribution in [0.2, 0.25) is 0 Å². The normalized spacial score (nSPS) is 11.0. The Bertz CT molecular complexity index is 807. The molecule has 1 heterocycles. The summed E-state index contributed by atoms with van der Waals surface area (Å²) in [6.45, 7) is 2.00. The number of hydrogen-bond acceptors (Lipinski definition) is 3. The summed E-state index contributed by atoms with van der Waals surface area (Å²) in [5.41, 5.74) is 1.27. The third-order valence-electron chi connectivity index (χ3n) is 3.22. The largest absolute Gasteiger partial charge is 0.450 e. The van der Waals surface area contributed by atoms with Gasteiger partial charge in [-0.2, -0.15) is 0 Å². The van der Waals surface area contributed by atoms with E-state index in [0.717, 1.165) is 10.5 Å². The van der Waals surface area contributed by atoms with Crippen molar-refractivity contribution in [2.24, 2.45) is 0 Å². The van der Waals surface area contributed by atoms with Crippen molar-refractivity contribution in [1.82, 2.24) is 0 Å². The van der Waals surface area contributed by atoms with Crippen LogP contribution in [-0.2, 0) is 0 Å². The lowest BCUT2D eigenvalue weighted by molar-refractivity contribution is 0.0994. The predicted octanol–water partition coefficient (Wildman–Crippen LogP) is 4.86. The first-order valence-corrected chi connectivity index (χ1v) is 7.53. The number of carbonyl (C=O) groups excluding carboxylic acids is 1. The molecule has 2 aromatic carbocycles. The van der Waals surface area contributed by atoms with Gasteiger partial charge in [0.05, 0.1) is 5.75 Å². The monoisotopic (exact) mass is 300 g/mol. The highest BCUT2D eigenvalue weighted by atomic mass is 32.2. The van der Waals surface area contributed by atoms with Gasteiger partial charge in [-0.3, -0.25) is 4.79 Å². The SMILES string of the molecule is Cc1ccccc1SCC(=O)c1cc2cccc(F)c2o1. The Hall–Kier alpha value is -2.07. The number of rotatable bonds is 4. The Morgan fingerprint density at radius 3 is 2.76 bits per heavy atom. The van der Waals surface area contributed by atoms with Crippen LogP contribution in [0, 0.1) is 12.7 Å². The molecule has 0 radical (unpaired) electrons. The van der Waals surface area contributed by atoms with Gasteiger partial charge in [0.15, 0.2) is 17.2 Å². The first-order valence-electron chi connectivity index (χ1n) is 6.55. The molecule has 0 unspecified atom stereocenters. The molecule has 3 aromatic rings. The number of Topliss-reactive ketones (excluding diaryl/α,β-unsaturated/α-hetero) is 1. The Kier molecular flexibility index (Phi) is 3.80. The van der Waals surface area contributed by atoms with E-state index in [1.54, 1.807) is 18.2 Å². The number of halogens is 1. The highest BCUT2D eigenvalue weighted by molar-refractivity contribution is 8.00. The van der Waals surface area contributed by atoms with Crippen molar-refractivity contribution in [3.8, 4) is 0 Å². The predicted molar refractivity (Wildman–Crippen MR) is 82.4 cm³/mol. The van der Waals surface area contributed by atoms with Crippen LogP contribution in [-0.4, -0.2) is 11.5 Å². The highest BCUT2D eigenvalue weighted by Gasteiger charge is 2.15. The first-order chi connectivity index (χ1) is 10.1. The minimum absolute atomic E-state index is 0.140. The van der Waals surface area contributed by atoms with Crippen LogP contribution in [0.4, 0.5) is 4.39 Å². The van der Waals surface area contributed by atoms with Gasteiger partial charge < -0.3 is 4.42 Å². The van der Waals surface area contributed by atoms with E-state index in [4.69, 9.17) is 4.42 Å². The van der Waals surface area contributed by atoms with Gasteiger partial charge in [-0.1, -0.05) is 30.3 Å². The topological polar surface area (TPSA) is 30.2 Å². The average molecular weight is 300 g/mol. The lowest BCUT2D eigenvalue weighted by atomic mass is 10.2. The van der Waals surface area contributed by atoms with Gasteiger partial charge in [0.1, 0.15) is 0 Å². The first kappa shape index (κ1) is 13.9. The third-order valence-corrected chi connectivity index (χ3v) is 4.40. The Balaban J connectivity index is 1.78. The summed E-state index contributed by atoms with van der Waals surface area (Å²) in [6.07, 6.45) is 0. The minimum Gasteiger partial charge on any atom is -0.450 e. The zero-order valence-electron chi connectivity index (χ0n) is 11.4. The molecule has 0 fully saturated rings. The van der Waals surface area contributed by atoms with Crippen molar-refractivity contribution in [3.63, 3.8) is 0 Å². The molecule has 4 heteroatoms. The van der Waals surface area contributed by atoms with Crippen molar-refractivity contribution in [2.75, 3.05) is 5.75 Å². The maximum Gasteiger partial charge on any atom is 0.208 e. The number of aryl methyl sites for hydroxylation is 1. The van der Waals surface area contributed by atoms with Crippen LogP contribution in [0.1, 0.15) is 16.1 Å².